The van der Waals surface area contributed by atoms with Gasteiger partial charge < -0.3 is 5.11 Å². The third-order valence-corrected chi connectivity index (χ3v) is 4.20. The van der Waals surface area contributed by atoms with Crippen molar-refractivity contribution in [3.8, 4) is 0 Å². The minimum absolute atomic E-state index is 0.395. The van der Waals surface area contributed by atoms with Crippen molar-refractivity contribution in [2.24, 2.45) is 0 Å². The fourth-order valence-electron chi connectivity index (χ4n) is 2.81. The fourth-order valence-corrected chi connectivity index (χ4v) is 2.81. The lowest BCUT2D eigenvalue weighted by Crippen LogP contribution is -2.55. The Morgan fingerprint density at radius 2 is 1.59 bits per heavy atom. The Labute approximate surface area is 105 Å². The molecule has 3 nitrogen and oxygen atoms in total. The van der Waals surface area contributed by atoms with E-state index in [1.807, 2.05) is 13.8 Å². The van der Waals surface area contributed by atoms with Crippen LogP contribution in [0, 0.1) is 0 Å². The number of carboxylic acid groups (broad SMARTS) is 1. The van der Waals surface area contributed by atoms with Gasteiger partial charge in [0.1, 0.15) is 5.54 Å². The molecular weight excluding hydrogens is 214 g/mol. The van der Waals surface area contributed by atoms with Crippen molar-refractivity contribution < 1.29 is 9.90 Å². The van der Waals surface area contributed by atoms with Crippen LogP contribution in [0.2, 0.25) is 0 Å². The van der Waals surface area contributed by atoms with Gasteiger partial charge in [-0.1, -0.05) is 46.0 Å². The van der Waals surface area contributed by atoms with Crippen LogP contribution in [0.5, 0.6) is 0 Å². The van der Waals surface area contributed by atoms with Crippen LogP contribution in [-0.2, 0) is 4.79 Å². The number of hydrogen-bond donors (Lipinski definition) is 2. The summed E-state index contributed by atoms with van der Waals surface area (Å²) in [7, 11) is 0. The fraction of sp³-hybridized carbons (Fsp3) is 0.929. The summed E-state index contributed by atoms with van der Waals surface area (Å²) in [5.74, 6) is -0.690. The Morgan fingerprint density at radius 1 is 1.12 bits per heavy atom. The highest BCUT2D eigenvalue weighted by molar-refractivity contribution is 5.78. The van der Waals surface area contributed by atoms with Crippen LogP contribution in [-0.4, -0.2) is 22.7 Å². The third kappa shape index (κ3) is 3.98. The molecule has 0 amide bonds. The molecule has 1 aliphatic carbocycles. The standard InChI is InChI=1S/C14H27NO2/c1-3-14(4-2,13(16)17)15-12-10-8-6-5-7-9-11-12/h12,15H,3-11H2,1-2H3,(H,16,17). The van der Waals surface area contributed by atoms with Gasteiger partial charge in [-0.05, 0) is 25.7 Å². The van der Waals surface area contributed by atoms with E-state index < -0.39 is 11.5 Å². The average Bonchev–Trinajstić information content (AvgIpc) is 2.28. The second-order valence-electron chi connectivity index (χ2n) is 5.28. The zero-order valence-corrected chi connectivity index (χ0v) is 11.3. The summed E-state index contributed by atoms with van der Waals surface area (Å²) in [6.45, 7) is 3.93. The molecule has 2 N–H and O–H groups in total. The van der Waals surface area contributed by atoms with Crippen molar-refractivity contribution in [2.45, 2.75) is 83.2 Å². The van der Waals surface area contributed by atoms with Gasteiger partial charge in [0.05, 0.1) is 0 Å². The molecule has 1 aliphatic rings. The predicted octanol–water partition coefficient (Wildman–Crippen LogP) is 3.33. The van der Waals surface area contributed by atoms with E-state index in [-0.39, 0.29) is 0 Å². The highest BCUT2D eigenvalue weighted by Crippen LogP contribution is 2.22. The summed E-state index contributed by atoms with van der Waals surface area (Å²) in [5, 5.41) is 12.9. The zero-order valence-electron chi connectivity index (χ0n) is 11.3. The van der Waals surface area contributed by atoms with Crippen LogP contribution in [0.25, 0.3) is 0 Å². The van der Waals surface area contributed by atoms with Gasteiger partial charge in [0.15, 0.2) is 0 Å². The molecule has 0 aromatic heterocycles. The Morgan fingerprint density at radius 3 is 2.00 bits per heavy atom. The third-order valence-electron chi connectivity index (χ3n) is 4.20. The first kappa shape index (κ1) is 14.5. The molecule has 0 atom stereocenters. The molecule has 1 rings (SSSR count). The number of rotatable bonds is 5. The van der Waals surface area contributed by atoms with Gasteiger partial charge in [-0.15, -0.1) is 0 Å². The van der Waals surface area contributed by atoms with Crippen LogP contribution in [0.1, 0.15) is 71.6 Å². The molecule has 0 bridgehead atoms. The number of carboxylic acids is 1. The van der Waals surface area contributed by atoms with E-state index in [2.05, 4.69) is 5.32 Å². The molecule has 1 saturated carbocycles. The van der Waals surface area contributed by atoms with Crippen LogP contribution in [0.15, 0.2) is 0 Å². The maximum absolute atomic E-state index is 11.4. The highest BCUT2D eigenvalue weighted by atomic mass is 16.4. The lowest BCUT2D eigenvalue weighted by Gasteiger charge is -2.34. The number of hydrogen-bond acceptors (Lipinski definition) is 2. The maximum atomic E-state index is 11.4. The monoisotopic (exact) mass is 241 g/mol. The largest absolute Gasteiger partial charge is 0.480 e. The maximum Gasteiger partial charge on any atom is 0.323 e. The molecule has 0 aliphatic heterocycles. The summed E-state index contributed by atoms with van der Waals surface area (Å²) in [5.41, 5.74) is -0.705. The Bertz CT molecular complexity index is 228. The lowest BCUT2D eigenvalue weighted by atomic mass is 9.89. The van der Waals surface area contributed by atoms with E-state index in [0.717, 1.165) is 12.8 Å². The molecule has 0 aromatic carbocycles. The van der Waals surface area contributed by atoms with Crippen LogP contribution in [0.4, 0.5) is 0 Å². The first-order valence-corrected chi connectivity index (χ1v) is 7.15. The molecule has 100 valence electrons. The summed E-state index contributed by atoms with van der Waals surface area (Å²) >= 11 is 0. The molecule has 0 aromatic rings. The Hall–Kier alpha value is -0.570. The highest BCUT2D eigenvalue weighted by Gasteiger charge is 2.36. The summed E-state index contributed by atoms with van der Waals surface area (Å²) in [6, 6.07) is 0.395. The van der Waals surface area contributed by atoms with Crippen LogP contribution >= 0.6 is 0 Å². The van der Waals surface area contributed by atoms with Gasteiger partial charge in [0, 0.05) is 6.04 Å². The van der Waals surface area contributed by atoms with Crippen LogP contribution < -0.4 is 5.32 Å². The van der Waals surface area contributed by atoms with E-state index in [0.29, 0.717) is 18.9 Å². The molecule has 0 radical (unpaired) electrons. The minimum atomic E-state index is -0.705. The van der Waals surface area contributed by atoms with Crippen molar-refractivity contribution in [3.63, 3.8) is 0 Å². The van der Waals surface area contributed by atoms with Crippen molar-refractivity contribution in [1.29, 1.82) is 0 Å². The van der Waals surface area contributed by atoms with E-state index in [1.165, 1.54) is 32.1 Å². The summed E-state index contributed by atoms with van der Waals surface area (Å²) in [4.78, 5) is 11.4. The van der Waals surface area contributed by atoms with Crippen molar-refractivity contribution >= 4 is 5.97 Å². The van der Waals surface area contributed by atoms with Crippen molar-refractivity contribution in [3.05, 3.63) is 0 Å². The quantitative estimate of drug-likeness (QED) is 0.776. The number of aliphatic carboxylic acids is 1. The van der Waals surface area contributed by atoms with E-state index in [1.54, 1.807) is 0 Å². The molecule has 0 unspecified atom stereocenters. The minimum Gasteiger partial charge on any atom is -0.480 e. The molecular formula is C14H27NO2. The average molecular weight is 241 g/mol. The van der Waals surface area contributed by atoms with Gasteiger partial charge in [-0.2, -0.15) is 0 Å². The zero-order chi connectivity index (χ0) is 12.7. The molecule has 0 saturated heterocycles. The molecule has 17 heavy (non-hydrogen) atoms. The SMILES string of the molecule is CCC(CC)(NC1CCCCCCC1)C(=O)O. The van der Waals surface area contributed by atoms with Gasteiger partial charge in [-0.3, -0.25) is 10.1 Å². The Balaban J connectivity index is 2.60. The lowest BCUT2D eigenvalue weighted by molar-refractivity contribution is -0.145. The topological polar surface area (TPSA) is 49.3 Å². The molecule has 0 spiro atoms. The second-order valence-corrected chi connectivity index (χ2v) is 5.28. The first-order chi connectivity index (χ1) is 8.14. The van der Waals surface area contributed by atoms with Gasteiger partial charge in [0.25, 0.3) is 0 Å². The molecule has 3 heteroatoms. The van der Waals surface area contributed by atoms with E-state index >= 15 is 0 Å². The second kappa shape index (κ2) is 7.00. The molecule has 1 fully saturated rings. The van der Waals surface area contributed by atoms with Gasteiger partial charge in [0.2, 0.25) is 0 Å². The van der Waals surface area contributed by atoms with Crippen molar-refractivity contribution in [2.75, 3.05) is 0 Å². The van der Waals surface area contributed by atoms with E-state index in [9.17, 15) is 9.90 Å². The first-order valence-electron chi connectivity index (χ1n) is 7.15. The van der Waals surface area contributed by atoms with Crippen molar-refractivity contribution in [1.82, 2.24) is 5.32 Å². The normalized spacial score (nSPS) is 19.6. The van der Waals surface area contributed by atoms with E-state index in [4.69, 9.17) is 0 Å². The number of carbonyl (C=O) groups is 1. The molecule has 0 heterocycles. The van der Waals surface area contributed by atoms with Crippen LogP contribution in [0.3, 0.4) is 0 Å². The summed E-state index contributed by atoms with van der Waals surface area (Å²) in [6.07, 6.45) is 10.0. The predicted molar refractivity (Wildman–Crippen MR) is 70.2 cm³/mol. The Kier molecular flexibility index (Phi) is 5.96. The van der Waals surface area contributed by atoms with Gasteiger partial charge in [-0.25, -0.2) is 0 Å². The number of nitrogens with one attached hydrogen (secondary N) is 1. The smallest absolute Gasteiger partial charge is 0.323 e. The summed E-state index contributed by atoms with van der Waals surface area (Å²) < 4.78 is 0. The van der Waals surface area contributed by atoms with Gasteiger partial charge >= 0.3 is 5.97 Å².